The number of aliphatic hydroxyl groups is 1. The number of aromatic hydroxyl groups is 1. The standard InChI is InChI=1S/C30H32O10/c1-34-23-8-4-6-10-25(23)38-18-30(33)19-39-29(40-26-11-7-5-9-24(26)35-2)21(30)17-37-28(32)15-13-20-12-14-22(31)27(16-20)36-3/h4-16,21,29,31,33H,17-19H2,1-3H3/t21-,29+,30-/m1/s1. The summed E-state index contributed by atoms with van der Waals surface area (Å²) in [6.45, 7) is -0.536. The van der Waals surface area contributed by atoms with Gasteiger partial charge in [0, 0.05) is 6.08 Å². The third-order valence-electron chi connectivity index (χ3n) is 6.40. The number of methoxy groups -OCH3 is 3. The summed E-state index contributed by atoms with van der Waals surface area (Å²) >= 11 is 0. The van der Waals surface area contributed by atoms with Gasteiger partial charge < -0.3 is 43.4 Å². The van der Waals surface area contributed by atoms with Gasteiger partial charge in [0.05, 0.1) is 33.9 Å². The minimum absolute atomic E-state index is 0.0147. The molecule has 1 aliphatic rings. The van der Waals surface area contributed by atoms with Crippen molar-refractivity contribution in [2.45, 2.75) is 11.9 Å². The van der Waals surface area contributed by atoms with Crippen molar-refractivity contribution in [1.29, 1.82) is 0 Å². The zero-order chi connectivity index (χ0) is 28.5. The Morgan fingerprint density at radius 2 is 1.55 bits per heavy atom. The molecule has 0 unspecified atom stereocenters. The molecule has 212 valence electrons. The van der Waals surface area contributed by atoms with Crippen LogP contribution in [0.3, 0.4) is 0 Å². The number of carbonyl (C=O) groups is 1. The second-order valence-corrected chi connectivity index (χ2v) is 8.99. The van der Waals surface area contributed by atoms with Crippen molar-refractivity contribution in [2.75, 3.05) is 41.2 Å². The van der Waals surface area contributed by atoms with E-state index in [1.54, 1.807) is 60.7 Å². The predicted octanol–water partition coefficient (Wildman–Crippen LogP) is 3.84. The molecular weight excluding hydrogens is 520 g/mol. The molecule has 4 rings (SSSR count). The van der Waals surface area contributed by atoms with Gasteiger partial charge in [-0.05, 0) is 48.0 Å². The van der Waals surface area contributed by atoms with Crippen LogP contribution in [-0.4, -0.2) is 69.2 Å². The van der Waals surface area contributed by atoms with Crippen molar-refractivity contribution in [2.24, 2.45) is 5.92 Å². The Morgan fingerprint density at radius 3 is 2.23 bits per heavy atom. The number of esters is 1. The van der Waals surface area contributed by atoms with E-state index in [1.165, 1.54) is 39.5 Å². The molecule has 3 atom stereocenters. The number of benzene rings is 3. The van der Waals surface area contributed by atoms with Gasteiger partial charge in [0.25, 0.3) is 0 Å². The highest BCUT2D eigenvalue weighted by Crippen LogP contribution is 2.37. The normalized spacial score (nSPS) is 20.2. The molecule has 0 saturated carbocycles. The topological polar surface area (TPSA) is 122 Å². The number of ether oxygens (including phenoxy) is 7. The lowest BCUT2D eigenvalue weighted by atomic mass is 9.91. The van der Waals surface area contributed by atoms with Crippen LogP contribution in [0.25, 0.3) is 6.08 Å². The van der Waals surface area contributed by atoms with Gasteiger partial charge in [0.1, 0.15) is 18.8 Å². The molecule has 3 aromatic carbocycles. The van der Waals surface area contributed by atoms with Crippen molar-refractivity contribution >= 4 is 12.0 Å². The molecule has 1 heterocycles. The van der Waals surface area contributed by atoms with Crippen LogP contribution in [0.4, 0.5) is 0 Å². The first-order valence-electron chi connectivity index (χ1n) is 12.5. The van der Waals surface area contributed by atoms with E-state index in [9.17, 15) is 15.0 Å². The van der Waals surface area contributed by atoms with E-state index in [4.69, 9.17) is 33.2 Å². The SMILES string of the molecule is COc1cc(C=CC(=O)OC[C@@H]2[C@H](Oc3ccccc3OC)OC[C@]2(O)COc2ccccc2OC)ccc1O. The van der Waals surface area contributed by atoms with Gasteiger partial charge in [-0.2, -0.15) is 0 Å². The molecule has 0 spiro atoms. The highest BCUT2D eigenvalue weighted by Gasteiger charge is 2.52. The average molecular weight is 553 g/mol. The molecule has 0 aromatic heterocycles. The molecule has 0 amide bonds. The summed E-state index contributed by atoms with van der Waals surface area (Å²) in [7, 11) is 4.48. The third kappa shape index (κ3) is 6.77. The summed E-state index contributed by atoms with van der Waals surface area (Å²) in [5.41, 5.74) is -0.947. The summed E-state index contributed by atoms with van der Waals surface area (Å²) in [6, 6.07) is 18.7. The maximum atomic E-state index is 12.6. The van der Waals surface area contributed by atoms with Crippen LogP contribution in [-0.2, 0) is 14.3 Å². The first-order chi connectivity index (χ1) is 19.4. The van der Waals surface area contributed by atoms with Crippen molar-refractivity contribution in [1.82, 2.24) is 0 Å². The van der Waals surface area contributed by atoms with Crippen LogP contribution >= 0.6 is 0 Å². The van der Waals surface area contributed by atoms with Crippen molar-refractivity contribution in [3.8, 4) is 34.5 Å². The number of hydrogen-bond donors (Lipinski definition) is 2. The molecule has 10 heteroatoms. The van der Waals surface area contributed by atoms with Gasteiger partial charge >= 0.3 is 5.97 Å². The maximum Gasteiger partial charge on any atom is 0.330 e. The molecule has 3 aromatic rings. The molecule has 2 N–H and O–H groups in total. The molecule has 1 aliphatic heterocycles. The highest BCUT2D eigenvalue weighted by atomic mass is 16.7. The van der Waals surface area contributed by atoms with Crippen LogP contribution < -0.4 is 23.7 Å². The van der Waals surface area contributed by atoms with Gasteiger partial charge in [-0.15, -0.1) is 0 Å². The summed E-state index contributed by atoms with van der Waals surface area (Å²) in [5, 5.41) is 21.4. The van der Waals surface area contributed by atoms with Crippen molar-refractivity contribution in [3.63, 3.8) is 0 Å². The maximum absolute atomic E-state index is 12.6. The Labute approximate surface area is 232 Å². The number of rotatable bonds is 12. The van der Waals surface area contributed by atoms with E-state index in [0.717, 1.165) is 0 Å². The average Bonchev–Trinajstić information content (AvgIpc) is 3.29. The van der Waals surface area contributed by atoms with Crippen LogP contribution in [0.2, 0.25) is 0 Å². The molecule has 40 heavy (non-hydrogen) atoms. The summed E-state index contributed by atoms with van der Waals surface area (Å²) in [6.07, 6.45) is 1.79. The van der Waals surface area contributed by atoms with Crippen molar-refractivity contribution < 1.29 is 48.2 Å². The fourth-order valence-electron chi connectivity index (χ4n) is 4.17. The second-order valence-electron chi connectivity index (χ2n) is 8.99. The summed E-state index contributed by atoms with van der Waals surface area (Å²) in [5.74, 6) is 0.619. The summed E-state index contributed by atoms with van der Waals surface area (Å²) < 4.78 is 39.1. The van der Waals surface area contributed by atoms with E-state index in [2.05, 4.69) is 0 Å². The monoisotopic (exact) mass is 552 g/mol. The lowest BCUT2D eigenvalue weighted by molar-refractivity contribution is -0.146. The number of hydrogen-bond acceptors (Lipinski definition) is 10. The van der Waals surface area contributed by atoms with Gasteiger partial charge in [0.2, 0.25) is 6.29 Å². The number of phenols is 1. The summed E-state index contributed by atoms with van der Waals surface area (Å²) in [4.78, 5) is 12.6. The van der Waals surface area contributed by atoms with Gasteiger partial charge in [-0.1, -0.05) is 30.3 Å². The molecule has 0 radical (unpaired) electrons. The number of para-hydroxylation sites is 4. The van der Waals surface area contributed by atoms with E-state index < -0.39 is 23.8 Å². The van der Waals surface area contributed by atoms with Crippen molar-refractivity contribution in [3.05, 3.63) is 78.4 Å². The number of carbonyl (C=O) groups excluding carboxylic acids is 1. The quantitative estimate of drug-likeness (QED) is 0.253. The Morgan fingerprint density at radius 1 is 0.925 bits per heavy atom. The first-order valence-corrected chi connectivity index (χ1v) is 12.5. The highest BCUT2D eigenvalue weighted by molar-refractivity contribution is 5.87. The molecular formula is C30H32O10. The van der Waals surface area contributed by atoms with E-state index in [-0.39, 0.29) is 31.3 Å². The van der Waals surface area contributed by atoms with Gasteiger partial charge in [-0.25, -0.2) is 4.79 Å². The fourth-order valence-corrected chi connectivity index (χ4v) is 4.17. The number of phenolic OH excluding ortho intramolecular Hbond substituents is 1. The Balaban J connectivity index is 1.49. The molecule has 1 fully saturated rings. The molecule has 1 saturated heterocycles. The largest absolute Gasteiger partial charge is 0.504 e. The van der Waals surface area contributed by atoms with Crippen LogP contribution in [0.5, 0.6) is 34.5 Å². The third-order valence-corrected chi connectivity index (χ3v) is 6.40. The second kappa shape index (κ2) is 13.1. The fraction of sp³-hybridized carbons (Fsp3) is 0.300. The lowest BCUT2D eigenvalue weighted by Crippen LogP contribution is -2.48. The van der Waals surface area contributed by atoms with Gasteiger partial charge in [-0.3, -0.25) is 0 Å². The molecule has 10 nitrogen and oxygen atoms in total. The zero-order valence-electron chi connectivity index (χ0n) is 22.4. The van der Waals surface area contributed by atoms with E-state index >= 15 is 0 Å². The Hall–Kier alpha value is -4.41. The minimum Gasteiger partial charge on any atom is -0.504 e. The lowest BCUT2D eigenvalue weighted by Gasteiger charge is -2.30. The first kappa shape index (κ1) is 28.6. The molecule has 0 aliphatic carbocycles. The van der Waals surface area contributed by atoms with Crippen LogP contribution in [0.1, 0.15) is 5.56 Å². The Kier molecular flexibility index (Phi) is 9.36. The van der Waals surface area contributed by atoms with E-state index in [0.29, 0.717) is 28.6 Å². The Bertz CT molecular complexity index is 1320. The zero-order valence-corrected chi connectivity index (χ0v) is 22.4. The van der Waals surface area contributed by atoms with Crippen LogP contribution in [0, 0.1) is 5.92 Å². The van der Waals surface area contributed by atoms with E-state index in [1.807, 2.05) is 0 Å². The van der Waals surface area contributed by atoms with Gasteiger partial charge in [0.15, 0.2) is 34.5 Å². The smallest absolute Gasteiger partial charge is 0.330 e. The molecule has 0 bridgehead atoms. The minimum atomic E-state index is -1.57. The predicted molar refractivity (Wildman–Crippen MR) is 145 cm³/mol. The van der Waals surface area contributed by atoms with Crippen LogP contribution in [0.15, 0.2) is 72.8 Å².